The third-order valence-electron chi connectivity index (χ3n) is 4.14. The van der Waals surface area contributed by atoms with Crippen LogP contribution < -0.4 is 0 Å². The summed E-state index contributed by atoms with van der Waals surface area (Å²) in [5, 5.41) is 0. The van der Waals surface area contributed by atoms with Crippen LogP contribution in [0.15, 0.2) is 23.1 Å². The molecule has 0 spiro atoms. The van der Waals surface area contributed by atoms with Gasteiger partial charge in [-0.1, -0.05) is 52.4 Å². The van der Waals surface area contributed by atoms with E-state index in [-0.39, 0.29) is 62.1 Å². The molecule has 29 heavy (non-hydrogen) atoms. The van der Waals surface area contributed by atoms with Crippen LogP contribution in [0.3, 0.4) is 0 Å². The Morgan fingerprint density at radius 1 is 0.793 bits per heavy atom. The Kier molecular flexibility index (Phi) is 14.8. The molecule has 1 aromatic carbocycles. The molecule has 0 saturated carbocycles. The van der Waals surface area contributed by atoms with E-state index in [1.807, 2.05) is 0 Å². The third-order valence-corrected chi connectivity index (χ3v) is 4.97. The van der Waals surface area contributed by atoms with E-state index in [9.17, 15) is 22.6 Å². The first-order valence-electron chi connectivity index (χ1n) is 9.76. The minimum absolute atomic E-state index is 0. The fourth-order valence-electron chi connectivity index (χ4n) is 2.54. The predicted octanol–water partition coefficient (Wildman–Crippen LogP) is 3.49. The molecule has 1 N–H and O–H groups in total. The second-order valence-electron chi connectivity index (χ2n) is 6.61. The summed E-state index contributed by atoms with van der Waals surface area (Å²) in [4.78, 5) is 23.9. The second-order valence-corrected chi connectivity index (χ2v) is 8.04. The van der Waals surface area contributed by atoms with Crippen LogP contribution in [0.2, 0.25) is 0 Å². The van der Waals surface area contributed by atoms with Gasteiger partial charge in [-0.25, -0.2) is 9.59 Å². The van der Waals surface area contributed by atoms with E-state index in [0.717, 1.165) is 50.7 Å². The van der Waals surface area contributed by atoms with Crippen molar-refractivity contribution in [3.63, 3.8) is 0 Å². The Morgan fingerprint density at radius 3 is 1.55 bits per heavy atom. The van der Waals surface area contributed by atoms with Gasteiger partial charge in [0.05, 0.1) is 29.2 Å². The molecule has 0 aromatic heterocycles. The van der Waals surface area contributed by atoms with Gasteiger partial charge in [0, 0.05) is 0 Å². The van der Waals surface area contributed by atoms with Crippen LogP contribution >= 0.6 is 0 Å². The van der Waals surface area contributed by atoms with Crippen LogP contribution in [0, 0.1) is 0 Å². The van der Waals surface area contributed by atoms with Gasteiger partial charge < -0.3 is 9.47 Å². The molecule has 0 radical (unpaired) electrons. The van der Waals surface area contributed by atoms with E-state index in [2.05, 4.69) is 13.8 Å². The number of unbranched alkanes of at least 4 members (excludes halogenated alkanes) is 6. The Bertz CT molecular complexity index is 703. The first-order chi connectivity index (χ1) is 13.3. The van der Waals surface area contributed by atoms with Crippen molar-refractivity contribution in [1.82, 2.24) is 0 Å². The summed E-state index contributed by atoms with van der Waals surface area (Å²) >= 11 is 0. The number of esters is 2. The number of carbonyl (C=O) groups is 2. The van der Waals surface area contributed by atoms with Crippen molar-refractivity contribution >= 4 is 59.8 Å². The summed E-state index contributed by atoms with van der Waals surface area (Å²) in [7, 11) is -4.60. The third kappa shape index (κ3) is 11.3. The van der Waals surface area contributed by atoms with Crippen molar-refractivity contribution in [2.45, 2.75) is 70.1 Å². The maximum atomic E-state index is 12.2. The Balaban J connectivity index is 0.00000784. The number of hydrogen-bond acceptors (Lipinski definition) is 6. The van der Waals surface area contributed by atoms with Crippen LogP contribution in [0.4, 0.5) is 0 Å². The van der Waals surface area contributed by atoms with E-state index in [4.69, 9.17) is 9.47 Å². The fraction of sp³-hybridized carbons (Fsp3) is 0.600. The summed E-state index contributed by atoms with van der Waals surface area (Å²) in [6.07, 6.45) is 7.40. The van der Waals surface area contributed by atoms with E-state index in [1.165, 1.54) is 6.07 Å². The zero-order valence-corrected chi connectivity index (χ0v) is 17.4. The summed E-state index contributed by atoms with van der Waals surface area (Å²) in [5.74, 6) is -1.50. The van der Waals surface area contributed by atoms with Gasteiger partial charge in [0.1, 0.15) is 0 Å². The average Bonchev–Trinajstić information content (AvgIpc) is 2.66. The molecule has 0 heterocycles. The van der Waals surface area contributed by atoms with Gasteiger partial charge in [0.25, 0.3) is 10.1 Å². The number of rotatable bonds is 13. The van der Waals surface area contributed by atoms with Gasteiger partial charge in [0.15, 0.2) is 0 Å². The molecule has 9 heteroatoms. The van der Waals surface area contributed by atoms with Crippen LogP contribution in [0.1, 0.15) is 85.9 Å². The summed E-state index contributed by atoms with van der Waals surface area (Å²) in [5.41, 5.74) is -0.243. The van der Waals surface area contributed by atoms with Gasteiger partial charge in [-0.15, -0.1) is 0 Å². The van der Waals surface area contributed by atoms with Crippen molar-refractivity contribution in [1.29, 1.82) is 0 Å². The monoisotopic (exact) mass is 456 g/mol. The van der Waals surface area contributed by atoms with Crippen molar-refractivity contribution in [2.24, 2.45) is 0 Å². The molecule has 1 rings (SSSR count). The molecule has 0 amide bonds. The second kappa shape index (κ2) is 15.2. The fourth-order valence-corrected chi connectivity index (χ4v) is 3.09. The van der Waals surface area contributed by atoms with E-state index < -0.39 is 27.0 Å². The first-order valence-corrected chi connectivity index (χ1v) is 11.2. The molecule has 0 aliphatic carbocycles. The van der Waals surface area contributed by atoms with Gasteiger partial charge in [-0.05, 0) is 31.0 Å². The van der Waals surface area contributed by atoms with Gasteiger partial charge in [-0.3, -0.25) is 4.55 Å². The Hall–Kier alpha value is -0.670. The van der Waals surface area contributed by atoms with Crippen LogP contribution in [-0.2, 0) is 19.6 Å². The molecule has 0 aliphatic heterocycles. The van der Waals surface area contributed by atoms with Crippen molar-refractivity contribution in [3.8, 4) is 0 Å². The zero-order valence-electron chi connectivity index (χ0n) is 16.6. The van der Waals surface area contributed by atoms with E-state index in [1.54, 1.807) is 0 Å². The number of carbonyl (C=O) groups excluding carboxylic acids is 2. The van der Waals surface area contributed by atoms with Crippen molar-refractivity contribution in [3.05, 3.63) is 29.3 Å². The molecule has 1 aromatic rings. The molecule has 162 valence electrons. The van der Waals surface area contributed by atoms with Gasteiger partial charge in [0.2, 0.25) is 0 Å². The average molecular weight is 457 g/mol. The molecule has 0 bridgehead atoms. The molecule has 0 unspecified atom stereocenters. The van der Waals surface area contributed by atoms with Gasteiger partial charge >= 0.3 is 49.7 Å². The molecule has 7 nitrogen and oxygen atoms in total. The predicted molar refractivity (Wildman–Crippen MR) is 114 cm³/mol. The van der Waals surface area contributed by atoms with Gasteiger partial charge in [-0.2, -0.15) is 8.42 Å². The quantitative estimate of drug-likeness (QED) is 0.209. The van der Waals surface area contributed by atoms with Crippen LogP contribution in [0.5, 0.6) is 0 Å². The maximum absolute atomic E-state index is 12.2. The number of hydrogen-bond donors (Lipinski definition) is 1. The SMILES string of the molecule is CCCCCCOC(=O)c1cc(C(=O)OCCCCCC)cc(S(=O)(=O)O)c1.[CaH2]. The van der Waals surface area contributed by atoms with E-state index >= 15 is 0 Å². The molecular weight excluding hydrogens is 424 g/mol. The molecular formula is C20H32CaO7S. The Labute approximate surface area is 203 Å². The summed E-state index contributed by atoms with van der Waals surface area (Å²) in [6, 6.07) is 3.20. The van der Waals surface area contributed by atoms with E-state index in [0.29, 0.717) is 12.8 Å². The number of benzene rings is 1. The number of ether oxygens (including phenoxy) is 2. The topological polar surface area (TPSA) is 107 Å². The van der Waals surface area contributed by atoms with Crippen molar-refractivity contribution < 1.29 is 32.0 Å². The minimum atomic E-state index is -4.60. The van der Waals surface area contributed by atoms with Crippen LogP contribution in [0.25, 0.3) is 0 Å². The molecule has 0 atom stereocenters. The van der Waals surface area contributed by atoms with Crippen LogP contribution in [-0.4, -0.2) is 75.9 Å². The summed E-state index contributed by atoms with van der Waals surface area (Å²) in [6.45, 7) is 4.53. The summed E-state index contributed by atoms with van der Waals surface area (Å²) < 4.78 is 42.6. The first kappa shape index (κ1) is 28.3. The molecule has 0 aliphatic rings. The zero-order chi connectivity index (χ0) is 21.0. The Morgan fingerprint density at radius 2 is 1.21 bits per heavy atom. The molecule has 0 saturated heterocycles. The normalized spacial score (nSPS) is 10.9. The standard InChI is InChI=1S/C20H30O7S.Ca.2H/c1-3-5-7-9-11-26-19(21)16-13-17(15-18(14-16)28(23,24)25)20(22)27-12-10-8-6-4-2;;;/h13-15H,3-12H2,1-2H3,(H,23,24,25);;;. The van der Waals surface area contributed by atoms with Crippen molar-refractivity contribution in [2.75, 3.05) is 13.2 Å². The molecule has 0 fully saturated rings.